The number of nitrogens with one attached hydrogen (secondary N) is 1. The van der Waals surface area contributed by atoms with Crippen LogP contribution in [0.25, 0.3) is 0 Å². The van der Waals surface area contributed by atoms with E-state index < -0.39 is 11.9 Å². The van der Waals surface area contributed by atoms with Gasteiger partial charge in [-0.1, -0.05) is 12.1 Å². The Morgan fingerprint density at radius 1 is 1.47 bits per heavy atom. The second-order valence-corrected chi connectivity index (χ2v) is 3.13. The molecule has 1 aromatic carbocycles. The minimum Gasteiger partial charge on any atom is -0.508 e. The Morgan fingerprint density at radius 3 is 2.60 bits per heavy atom. The van der Waals surface area contributed by atoms with E-state index in [0.717, 1.165) is 0 Å². The first-order chi connectivity index (χ1) is 7.00. The molecule has 0 radical (unpaired) electrons. The van der Waals surface area contributed by atoms with Crippen molar-refractivity contribution < 1.29 is 14.7 Å². The summed E-state index contributed by atoms with van der Waals surface area (Å²) in [7, 11) is 0. The first-order valence-corrected chi connectivity index (χ1v) is 4.36. The molecule has 5 nitrogen and oxygen atoms in total. The smallest absolute Gasteiger partial charge is 0.244 e. The quantitative estimate of drug-likeness (QED) is 0.655. The van der Waals surface area contributed by atoms with Gasteiger partial charge in [0.25, 0.3) is 0 Å². The topological polar surface area (TPSA) is 92.4 Å². The van der Waals surface area contributed by atoms with Crippen LogP contribution in [0.3, 0.4) is 0 Å². The van der Waals surface area contributed by atoms with Crippen molar-refractivity contribution in [1.29, 1.82) is 0 Å². The van der Waals surface area contributed by atoms with Gasteiger partial charge in [-0.15, -0.1) is 0 Å². The monoisotopic (exact) mass is 208 g/mol. The Labute approximate surface area is 86.9 Å². The molecule has 0 saturated carbocycles. The van der Waals surface area contributed by atoms with E-state index >= 15 is 0 Å². The van der Waals surface area contributed by atoms with Crippen LogP contribution in [0.2, 0.25) is 0 Å². The average molecular weight is 208 g/mol. The van der Waals surface area contributed by atoms with E-state index in [9.17, 15) is 14.7 Å². The van der Waals surface area contributed by atoms with Crippen molar-refractivity contribution in [3.05, 3.63) is 29.8 Å². The van der Waals surface area contributed by atoms with Crippen LogP contribution in [0.15, 0.2) is 24.3 Å². The van der Waals surface area contributed by atoms with E-state index in [4.69, 9.17) is 5.73 Å². The maximum atomic E-state index is 11.1. The molecule has 1 unspecified atom stereocenters. The van der Waals surface area contributed by atoms with E-state index in [2.05, 4.69) is 5.32 Å². The van der Waals surface area contributed by atoms with Gasteiger partial charge in [0.05, 0.1) is 0 Å². The van der Waals surface area contributed by atoms with Crippen molar-refractivity contribution in [3.8, 4) is 5.75 Å². The summed E-state index contributed by atoms with van der Waals surface area (Å²) in [6.07, 6.45) is 0. The zero-order valence-corrected chi connectivity index (χ0v) is 8.23. The van der Waals surface area contributed by atoms with Gasteiger partial charge in [0.15, 0.2) is 0 Å². The lowest BCUT2D eigenvalue weighted by atomic mass is 10.1. The predicted octanol–water partition coefficient (Wildman–Crippen LogP) is 0.0547. The number of phenolic OH excluding ortho intramolecular Hbond substituents is 1. The van der Waals surface area contributed by atoms with E-state index in [0.29, 0.717) is 5.56 Å². The molecular weight excluding hydrogens is 196 g/mol. The summed E-state index contributed by atoms with van der Waals surface area (Å²) in [6.45, 7) is 1.29. The number of amides is 2. The highest BCUT2D eigenvalue weighted by Gasteiger charge is 2.18. The average Bonchev–Trinajstić information content (AvgIpc) is 2.13. The van der Waals surface area contributed by atoms with Gasteiger partial charge >= 0.3 is 0 Å². The van der Waals surface area contributed by atoms with Gasteiger partial charge in [-0.05, 0) is 17.7 Å². The number of nitrogens with two attached hydrogens (primary N) is 1. The molecule has 0 fully saturated rings. The van der Waals surface area contributed by atoms with E-state index in [1.165, 1.54) is 19.1 Å². The highest BCUT2D eigenvalue weighted by molar-refractivity contribution is 5.86. The van der Waals surface area contributed by atoms with Gasteiger partial charge in [-0.2, -0.15) is 0 Å². The standard InChI is InChI=1S/C10H12N2O3/c1-6(13)12-9(10(11)15)7-3-2-4-8(14)5-7/h2-5,9,14H,1H3,(H2,11,15)(H,12,13). The van der Waals surface area contributed by atoms with Crippen molar-refractivity contribution >= 4 is 11.8 Å². The van der Waals surface area contributed by atoms with E-state index in [1.807, 2.05) is 0 Å². The predicted molar refractivity (Wildman–Crippen MR) is 53.9 cm³/mol. The Kier molecular flexibility index (Phi) is 3.28. The molecule has 0 bridgehead atoms. The minimum atomic E-state index is -0.908. The molecule has 4 N–H and O–H groups in total. The van der Waals surface area contributed by atoms with E-state index in [1.54, 1.807) is 12.1 Å². The fraction of sp³-hybridized carbons (Fsp3) is 0.200. The normalized spacial score (nSPS) is 11.8. The minimum absolute atomic E-state index is 0.0177. The molecule has 2 amide bonds. The van der Waals surface area contributed by atoms with Gasteiger partial charge in [0.1, 0.15) is 11.8 Å². The lowest BCUT2D eigenvalue weighted by molar-refractivity contribution is -0.126. The maximum Gasteiger partial charge on any atom is 0.244 e. The van der Waals surface area contributed by atoms with Gasteiger partial charge in [0, 0.05) is 6.92 Å². The van der Waals surface area contributed by atoms with Crippen LogP contribution in [-0.2, 0) is 9.59 Å². The molecule has 80 valence electrons. The number of aromatic hydroxyl groups is 1. The van der Waals surface area contributed by atoms with Crippen molar-refractivity contribution in [2.75, 3.05) is 0 Å². The summed E-state index contributed by atoms with van der Waals surface area (Å²) in [5.41, 5.74) is 5.59. The van der Waals surface area contributed by atoms with Gasteiger partial charge in [-0.25, -0.2) is 0 Å². The third kappa shape index (κ3) is 2.98. The van der Waals surface area contributed by atoms with Crippen LogP contribution in [0.4, 0.5) is 0 Å². The number of rotatable bonds is 3. The Morgan fingerprint density at radius 2 is 2.13 bits per heavy atom. The maximum absolute atomic E-state index is 11.1. The van der Waals surface area contributed by atoms with Crippen LogP contribution in [0.5, 0.6) is 5.75 Å². The molecule has 0 aliphatic heterocycles. The molecule has 1 aromatic rings. The number of hydrogen-bond donors (Lipinski definition) is 3. The van der Waals surface area contributed by atoms with Crippen LogP contribution >= 0.6 is 0 Å². The highest BCUT2D eigenvalue weighted by Crippen LogP contribution is 2.17. The van der Waals surface area contributed by atoms with Crippen molar-refractivity contribution in [3.63, 3.8) is 0 Å². The zero-order valence-electron chi connectivity index (χ0n) is 8.23. The Balaban J connectivity index is 2.98. The van der Waals surface area contributed by atoms with Gasteiger partial charge in [0.2, 0.25) is 11.8 Å². The number of primary amides is 1. The molecule has 15 heavy (non-hydrogen) atoms. The van der Waals surface area contributed by atoms with Crippen molar-refractivity contribution in [2.24, 2.45) is 5.73 Å². The van der Waals surface area contributed by atoms with Gasteiger partial charge in [-0.3, -0.25) is 9.59 Å². The van der Waals surface area contributed by atoms with Crippen LogP contribution < -0.4 is 11.1 Å². The summed E-state index contributed by atoms with van der Waals surface area (Å²) in [4.78, 5) is 21.9. The number of carbonyl (C=O) groups is 2. The highest BCUT2D eigenvalue weighted by atomic mass is 16.3. The summed E-state index contributed by atoms with van der Waals surface area (Å²) in [5.74, 6) is -1.01. The second-order valence-electron chi connectivity index (χ2n) is 3.13. The SMILES string of the molecule is CC(=O)NC(C(N)=O)c1cccc(O)c1. The van der Waals surface area contributed by atoms with Crippen LogP contribution in [0, 0.1) is 0 Å². The number of hydrogen-bond acceptors (Lipinski definition) is 3. The molecule has 1 rings (SSSR count). The Bertz CT molecular complexity index is 390. The third-order valence-electron chi connectivity index (χ3n) is 1.84. The lowest BCUT2D eigenvalue weighted by Gasteiger charge is -2.14. The molecule has 0 heterocycles. The first-order valence-electron chi connectivity index (χ1n) is 4.36. The second kappa shape index (κ2) is 4.45. The van der Waals surface area contributed by atoms with E-state index in [-0.39, 0.29) is 11.7 Å². The zero-order chi connectivity index (χ0) is 11.4. The fourth-order valence-electron chi connectivity index (χ4n) is 1.23. The lowest BCUT2D eigenvalue weighted by Crippen LogP contribution is -2.36. The van der Waals surface area contributed by atoms with Gasteiger partial charge < -0.3 is 16.2 Å². The summed E-state index contributed by atoms with van der Waals surface area (Å²) < 4.78 is 0. The largest absolute Gasteiger partial charge is 0.508 e. The number of benzene rings is 1. The fourth-order valence-corrected chi connectivity index (χ4v) is 1.23. The first kappa shape index (κ1) is 11.0. The van der Waals surface area contributed by atoms with Crippen LogP contribution in [-0.4, -0.2) is 16.9 Å². The third-order valence-corrected chi connectivity index (χ3v) is 1.84. The summed E-state index contributed by atoms with van der Waals surface area (Å²) in [6, 6.07) is 5.11. The Hall–Kier alpha value is -2.04. The summed E-state index contributed by atoms with van der Waals surface area (Å²) >= 11 is 0. The molecule has 0 saturated heterocycles. The molecule has 1 atom stereocenters. The van der Waals surface area contributed by atoms with Crippen LogP contribution in [0.1, 0.15) is 18.5 Å². The number of phenols is 1. The molecular formula is C10H12N2O3. The molecule has 0 aliphatic rings. The van der Waals surface area contributed by atoms with Crippen molar-refractivity contribution in [1.82, 2.24) is 5.32 Å². The molecule has 0 spiro atoms. The molecule has 0 aromatic heterocycles. The summed E-state index contributed by atoms with van der Waals surface area (Å²) in [5, 5.41) is 11.6. The molecule has 5 heteroatoms. The van der Waals surface area contributed by atoms with Crippen molar-refractivity contribution in [2.45, 2.75) is 13.0 Å². The molecule has 0 aliphatic carbocycles. The number of carbonyl (C=O) groups excluding carboxylic acids is 2.